The fraction of sp³-hybridized carbons (Fsp3) is 0.562. The Morgan fingerprint density at radius 3 is 2.23 bits per heavy atom. The van der Waals surface area contributed by atoms with Gasteiger partial charge in [0.1, 0.15) is 6.54 Å². The summed E-state index contributed by atoms with van der Waals surface area (Å²) in [7, 11) is -3.56. The lowest BCUT2D eigenvalue weighted by Crippen LogP contribution is -2.43. The molecule has 0 aromatic heterocycles. The zero-order valence-electron chi connectivity index (χ0n) is 14.2. The molecule has 0 fully saturated rings. The molecule has 6 heteroatoms. The van der Waals surface area contributed by atoms with Gasteiger partial charge in [-0.15, -0.1) is 0 Å². The Hall–Kier alpha value is -1.56. The highest BCUT2D eigenvalue weighted by Gasteiger charge is 2.27. The van der Waals surface area contributed by atoms with Gasteiger partial charge in [0, 0.05) is 6.04 Å². The number of amides is 1. The molecule has 0 atom stereocenters. The van der Waals surface area contributed by atoms with E-state index in [-0.39, 0.29) is 23.9 Å². The summed E-state index contributed by atoms with van der Waals surface area (Å²) in [6.45, 7) is 9.50. The molecule has 0 radical (unpaired) electrons. The number of para-hydroxylation sites is 1. The van der Waals surface area contributed by atoms with Crippen molar-refractivity contribution in [3.05, 3.63) is 29.8 Å². The second-order valence-electron chi connectivity index (χ2n) is 6.76. The van der Waals surface area contributed by atoms with E-state index >= 15 is 0 Å². The molecule has 1 aromatic carbocycles. The molecule has 5 nitrogen and oxygen atoms in total. The van der Waals surface area contributed by atoms with Crippen LogP contribution in [0.2, 0.25) is 0 Å². The Morgan fingerprint density at radius 1 is 1.23 bits per heavy atom. The van der Waals surface area contributed by atoms with Crippen molar-refractivity contribution in [2.45, 2.75) is 46.1 Å². The first-order valence-corrected chi connectivity index (χ1v) is 9.14. The third-order valence-electron chi connectivity index (χ3n) is 3.12. The number of carbonyl (C=O) groups is 1. The van der Waals surface area contributed by atoms with Crippen LogP contribution in [0.4, 0.5) is 5.69 Å². The summed E-state index contributed by atoms with van der Waals surface area (Å²) < 4.78 is 25.5. The minimum atomic E-state index is -3.56. The molecule has 0 aliphatic carbocycles. The van der Waals surface area contributed by atoms with Crippen molar-refractivity contribution < 1.29 is 13.2 Å². The Labute approximate surface area is 133 Å². The minimum absolute atomic E-state index is 0.0354. The van der Waals surface area contributed by atoms with Crippen LogP contribution in [0.3, 0.4) is 0 Å². The summed E-state index contributed by atoms with van der Waals surface area (Å²) in [5, 5.41) is 2.73. The first-order chi connectivity index (χ1) is 9.93. The van der Waals surface area contributed by atoms with Gasteiger partial charge >= 0.3 is 0 Å². The molecular weight excluding hydrogens is 300 g/mol. The highest BCUT2D eigenvalue weighted by atomic mass is 32.2. The lowest BCUT2D eigenvalue weighted by molar-refractivity contribution is -0.120. The van der Waals surface area contributed by atoms with Gasteiger partial charge in [-0.25, -0.2) is 8.42 Å². The fourth-order valence-electron chi connectivity index (χ4n) is 2.20. The summed E-state index contributed by atoms with van der Waals surface area (Å²) in [6, 6.07) is 7.26. The van der Waals surface area contributed by atoms with E-state index in [1.807, 2.05) is 46.8 Å². The standard InChI is InChI=1S/C16H26N2O3S/c1-12(2)17-15(19)11-18(22(6,20)21)14-10-8-7-9-13(14)16(3,4)5/h7-10,12H,11H2,1-6H3,(H,17,19). The molecular formula is C16H26N2O3S. The molecule has 1 amide bonds. The Bertz CT molecular complexity index is 631. The highest BCUT2D eigenvalue weighted by Crippen LogP contribution is 2.32. The normalized spacial score (nSPS) is 12.3. The van der Waals surface area contributed by atoms with E-state index < -0.39 is 10.0 Å². The molecule has 0 saturated heterocycles. The summed E-state index contributed by atoms with van der Waals surface area (Å²) in [4.78, 5) is 12.0. The van der Waals surface area contributed by atoms with Gasteiger partial charge in [0.15, 0.2) is 0 Å². The SMILES string of the molecule is CC(C)NC(=O)CN(c1ccccc1C(C)(C)C)S(C)(=O)=O. The molecule has 124 valence electrons. The maximum Gasteiger partial charge on any atom is 0.240 e. The molecule has 1 N–H and O–H groups in total. The Balaban J connectivity index is 3.29. The van der Waals surface area contributed by atoms with Crippen molar-refractivity contribution in [1.29, 1.82) is 0 Å². The quantitative estimate of drug-likeness (QED) is 0.902. The average Bonchev–Trinajstić information content (AvgIpc) is 2.32. The van der Waals surface area contributed by atoms with E-state index in [1.165, 1.54) is 4.31 Å². The molecule has 0 heterocycles. The molecule has 1 rings (SSSR count). The van der Waals surface area contributed by atoms with Gasteiger partial charge in [0.05, 0.1) is 11.9 Å². The summed E-state index contributed by atoms with van der Waals surface area (Å²) in [5.74, 6) is -0.316. The number of hydrogen-bond acceptors (Lipinski definition) is 3. The molecule has 1 aromatic rings. The van der Waals surface area contributed by atoms with Crippen LogP contribution in [-0.2, 0) is 20.2 Å². The van der Waals surface area contributed by atoms with Crippen LogP contribution in [0.5, 0.6) is 0 Å². The summed E-state index contributed by atoms with van der Waals surface area (Å²) in [5.41, 5.74) is 1.21. The van der Waals surface area contributed by atoms with Crippen LogP contribution in [0.25, 0.3) is 0 Å². The number of carbonyl (C=O) groups excluding carboxylic acids is 1. The number of rotatable bonds is 5. The van der Waals surface area contributed by atoms with E-state index in [1.54, 1.807) is 12.1 Å². The van der Waals surface area contributed by atoms with Gasteiger partial charge < -0.3 is 5.32 Å². The van der Waals surface area contributed by atoms with Crippen LogP contribution in [0, 0.1) is 0 Å². The van der Waals surface area contributed by atoms with Crippen molar-refractivity contribution in [2.24, 2.45) is 0 Å². The van der Waals surface area contributed by atoms with Crippen molar-refractivity contribution in [2.75, 3.05) is 17.1 Å². The zero-order chi connectivity index (χ0) is 17.1. The van der Waals surface area contributed by atoms with Gasteiger partial charge in [0.2, 0.25) is 15.9 Å². The molecule has 0 aliphatic rings. The van der Waals surface area contributed by atoms with E-state index in [0.717, 1.165) is 11.8 Å². The molecule has 22 heavy (non-hydrogen) atoms. The van der Waals surface area contributed by atoms with Gasteiger partial charge in [-0.2, -0.15) is 0 Å². The van der Waals surface area contributed by atoms with E-state index in [9.17, 15) is 13.2 Å². The second-order valence-corrected chi connectivity index (χ2v) is 8.67. The van der Waals surface area contributed by atoms with Gasteiger partial charge in [-0.1, -0.05) is 39.0 Å². The predicted octanol–water partition coefficient (Wildman–Crippen LogP) is 2.27. The van der Waals surface area contributed by atoms with Crippen molar-refractivity contribution in [3.8, 4) is 0 Å². The first kappa shape index (κ1) is 18.5. The number of nitrogens with one attached hydrogen (secondary N) is 1. The third kappa shape index (κ3) is 5.02. The number of anilines is 1. The monoisotopic (exact) mass is 326 g/mol. The minimum Gasteiger partial charge on any atom is -0.352 e. The zero-order valence-corrected chi connectivity index (χ0v) is 15.0. The number of hydrogen-bond donors (Lipinski definition) is 1. The van der Waals surface area contributed by atoms with Gasteiger partial charge in [-0.05, 0) is 30.9 Å². The largest absolute Gasteiger partial charge is 0.352 e. The molecule has 0 bridgehead atoms. The second kappa shape index (κ2) is 6.69. The predicted molar refractivity (Wildman–Crippen MR) is 90.6 cm³/mol. The highest BCUT2D eigenvalue weighted by molar-refractivity contribution is 7.92. The van der Waals surface area contributed by atoms with Crippen LogP contribution >= 0.6 is 0 Å². The smallest absolute Gasteiger partial charge is 0.240 e. The number of benzene rings is 1. The van der Waals surface area contributed by atoms with Crippen molar-refractivity contribution >= 4 is 21.6 Å². The van der Waals surface area contributed by atoms with Crippen LogP contribution in [-0.4, -0.2) is 33.2 Å². The average molecular weight is 326 g/mol. The maximum atomic E-state index is 12.2. The molecule has 0 spiro atoms. The summed E-state index contributed by atoms with van der Waals surface area (Å²) >= 11 is 0. The van der Waals surface area contributed by atoms with Crippen molar-refractivity contribution in [3.63, 3.8) is 0 Å². The Morgan fingerprint density at radius 2 is 1.77 bits per heavy atom. The van der Waals surface area contributed by atoms with Crippen LogP contribution < -0.4 is 9.62 Å². The van der Waals surface area contributed by atoms with E-state index in [2.05, 4.69) is 5.32 Å². The first-order valence-electron chi connectivity index (χ1n) is 7.29. The Kier molecular flexibility index (Phi) is 5.62. The fourth-order valence-corrected chi connectivity index (χ4v) is 3.07. The van der Waals surface area contributed by atoms with Crippen LogP contribution in [0.15, 0.2) is 24.3 Å². The maximum absolute atomic E-state index is 12.2. The molecule has 0 unspecified atom stereocenters. The number of sulfonamides is 1. The van der Waals surface area contributed by atoms with Gasteiger partial charge in [-0.3, -0.25) is 9.10 Å². The van der Waals surface area contributed by atoms with Gasteiger partial charge in [0.25, 0.3) is 0 Å². The summed E-state index contributed by atoms with van der Waals surface area (Å²) in [6.07, 6.45) is 1.12. The number of nitrogens with zero attached hydrogens (tertiary/aromatic N) is 1. The molecule has 0 saturated carbocycles. The topological polar surface area (TPSA) is 66.5 Å². The molecule has 0 aliphatic heterocycles. The lowest BCUT2D eigenvalue weighted by atomic mass is 9.86. The lowest BCUT2D eigenvalue weighted by Gasteiger charge is -2.29. The van der Waals surface area contributed by atoms with Crippen molar-refractivity contribution in [1.82, 2.24) is 5.32 Å². The van der Waals surface area contributed by atoms with E-state index in [0.29, 0.717) is 5.69 Å². The van der Waals surface area contributed by atoms with Crippen LogP contribution in [0.1, 0.15) is 40.2 Å². The third-order valence-corrected chi connectivity index (χ3v) is 4.24. The van der Waals surface area contributed by atoms with E-state index in [4.69, 9.17) is 0 Å².